The van der Waals surface area contributed by atoms with E-state index >= 15 is 0 Å². The maximum Gasteiger partial charge on any atom is 0.106 e. The molecule has 0 aromatic heterocycles. The maximum absolute atomic E-state index is 10.6. The molecule has 1 heterocycles. The highest BCUT2D eigenvalue weighted by Crippen LogP contribution is 2.36. The van der Waals surface area contributed by atoms with Gasteiger partial charge in [0.05, 0.1) is 6.61 Å². The molecule has 2 atom stereocenters. The molecule has 116 valence electrons. The van der Waals surface area contributed by atoms with Crippen LogP contribution >= 0.6 is 0 Å². The van der Waals surface area contributed by atoms with Gasteiger partial charge in [-0.15, -0.1) is 0 Å². The number of aliphatic hydroxyl groups excluding tert-OH is 1. The molecule has 1 aliphatic heterocycles. The number of hydrogen-bond acceptors (Lipinski definition) is 3. The molecule has 1 N–H and O–H groups in total. The van der Waals surface area contributed by atoms with Crippen LogP contribution in [0.25, 0.3) is 0 Å². The number of hydrogen-bond donors (Lipinski definition) is 1. The third-order valence-corrected chi connectivity index (χ3v) is 4.92. The van der Waals surface area contributed by atoms with Crippen LogP contribution in [0.15, 0.2) is 24.3 Å². The lowest BCUT2D eigenvalue weighted by Gasteiger charge is -2.35. The third kappa shape index (κ3) is 3.47. The first kappa shape index (κ1) is 15.0. The molecule has 3 nitrogen and oxygen atoms in total. The van der Waals surface area contributed by atoms with Crippen LogP contribution in [-0.2, 0) is 4.74 Å². The molecule has 2 fully saturated rings. The van der Waals surface area contributed by atoms with E-state index in [-0.39, 0.29) is 6.10 Å². The lowest BCUT2D eigenvalue weighted by Crippen LogP contribution is -2.45. The number of benzene rings is 1. The Labute approximate surface area is 127 Å². The molecular formula is C18H27NO2. The topological polar surface area (TPSA) is 32.7 Å². The first-order valence-electron chi connectivity index (χ1n) is 8.40. The summed E-state index contributed by atoms with van der Waals surface area (Å²) in [7, 11) is 0. The van der Waals surface area contributed by atoms with Crippen molar-refractivity contribution in [3.05, 3.63) is 35.4 Å². The van der Waals surface area contributed by atoms with Crippen LogP contribution < -0.4 is 0 Å². The molecule has 2 aliphatic rings. The Morgan fingerprint density at radius 2 is 2.05 bits per heavy atom. The van der Waals surface area contributed by atoms with Crippen LogP contribution in [0.3, 0.4) is 0 Å². The Kier molecular flexibility index (Phi) is 4.94. The highest BCUT2D eigenvalue weighted by atomic mass is 16.5. The summed E-state index contributed by atoms with van der Waals surface area (Å²) < 4.78 is 5.79. The second-order valence-electron chi connectivity index (χ2n) is 6.45. The highest BCUT2D eigenvalue weighted by Gasteiger charge is 2.28. The Bertz CT molecular complexity index is 439. The fraction of sp³-hybridized carbons (Fsp3) is 0.667. The summed E-state index contributed by atoms with van der Waals surface area (Å²) in [6.45, 7) is 5.83. The van der Waals surface area contributed by atoms with E-state index in [1.807, 2.05) is 0 Å². The number of ether oxygens (including phenoxy) is 1. The van der Waals surface area contributed by atoms with E-state index in [9.17, 15) is 5.11 Å². The van der Waals surface area contributed by atoms with Gasteiger partial charge in [-0.2, -0.15) is 0 Å². The van der Waals surface area contributed by atoms with Crippen molar-refractivity contribution in [1.29, 1.82) is 0 Å². The molecule has 3 heteroatoms. The van der Waals surface area contributed by atoms with Crippen LogP contribution in [0.2, 0.25) is 0 Å². The van der Waals surface area contributed by atoms with Gasteiger partial charge < -0.3 is 9.84 Å². The SMILES string of the molecule is CCCN1CCOC(C(O)c2ccc(C3CCC3)cc2)C1. The fourth-order valence-electron chi connectivity index (χ4n) is 3.36. The van der Waals surface area contributed by atoms with Crippen molar-refractivity contribution in [2.45, 2.75) is 50.7 Å². The van der Waals surface area contributed by atoms with Gasteiger partial charge >= 0.3 is 0 Å². The lowest BCUT2D eigenvalue weighted by atomic mass is 9.80. The van der Waals surface area contributed by atoms with Crippen molar-refractivity contribution in [2.24, 2.45) is 0 Å². The Morgan fingerprint density at radius 3 is 2.67 bits per heavy atom. The number of aliphatic hydroxyl groups is 1. The van der Waals surface area contributed by atoms with Gasteiger partial charge in [-0.05, 0) is 42.9 Å². The van der Waals surface area contributed by atoms with E-state index in [1.54, 1.807) is 0 Å². The average Bonchev–Trinajstić information content (AvgIpc) is 2.46. The highest BCUT2D eigenvalue weighted by molar-refractivity contribution is 5.28. The zero-order valence-corrected chi connectivity index (χ0v) is 13.0. The second-order valence-corrected chi connectivity index (χ2v) is 6.45. The predicted molar refractivity (Wildman–Crippen MR) is 84.5 cm³/mol. The maximum atomic E-state index is 10.6. The number of rotatable bonds is 5. The lowest BCUT2D eigenvalue weighted by molar-refractivity contribution is -0.0898. The van der Waals surface area contributed by atoms with Crippen LogP contribution in [0.4, 0.5) is 0 Å². The van der Waals surface area contributed by atoms with Crippen molar-refractivity contribution in [1.82, 2.24) is 4.90 Å². The molecule has 0 bridgehead atoms. The van der Waals surface area contributed by atoms with Crippen LogP contribution in [0, 0.1) is 0 Å². The zero-order chi connectivity index (χ0) is 14.7. The van der Waals surface area contributed by atoms with Gasteiger partial charge in [-0.25, -0.2) is 0 Å². The van der Waals surface area contributed by atoms with Crippen molar-refractivity contribution in [2.75, 3.05) is 26.2 Å². The van der Waals surface area contributed by atoms with E-state index in [1.165, 1.54) is 24.8 Å². The Morgan fingerprint density at radius 1 is 1.29 bits per heavy atom. The van der Waals surface area contributed by atoms with Crippen LogP contribution in [-0.4, -0.2) is 42.4 Å². The Balaban J connectivity index is 1.62. The van der Waals surface area contributed by atoms with E-state index in [0.29, 0.717) is 0 Å². The standard InChI is InChI=1S/C18H27NO2/c1-2-10-19-11-12-21-17(13-19)18(20)16-8-6-15(7-9-16)14-4-3-5-14/h6-9,14,17-18,20H,2-5,10-13H2,1H3. The predicted octanol–water partition coefficient (Wildman–Crippen LogP) is 3.10. The largest absolute Gasteiger partial charge is 0.386 e. The molecule has 2 unspecified atom stereocenters. The molecule has 1 saturated heterocycles. The van der Waals surface area contributed by atoms with Crippen molar-refractivity contribution >= 4 is 0 Å². The summed E-state index contributed by atoms with van der Waals surface area (Å²) in [6, 6.07) is 8.55. The minimum absolute atomic E-state index is 0.0974. The molecule has 1 saturated carbocycles. The summed E-state index contributed by atoms with van der Waals surface area (Å²) in [5, 5.41) is 10.6. The molecule has 0 amide bonds. The van der Waals surface area contributed by atoms with E-state index in [4.69, 9.17) is 4.74 Å². The van der Waals surface area contributed by atoms with Crippen LogP contribution in [0.5, 0.6) is 0 Å². The van der Waals surface area contributed by atoms with Gasteiger partial charge in [0.15, 0.2) is 0 Å². The van der Waals surface area contributed by atoms with Gasteiger partial charge in [0.2, 0.25) is 0 Å². The second kappa shape index (κ2) is 6.91. The van der Waals surface area contributed by atoms with Crippen molar-refractivity contribution in [3.8, 4) is 0 Å². The zero-order valence-electron chi connectivity index (χ0n) is 13.0. The minimum atomic E-state index is -0.514. The smallest absolute Gasteiger partial charge is 0.106 e. The summed E-state index contributed by atoms with van der Waals surface area (Å²) in [4.78, 5) is 2.39. The van der Waals surface area contributed by atoms with Crippen molar-refractivity contribution < 1.29 is 9.84 Å². The quantitative estimate of drug-likeness (QED) is 0.904. The number of morpholine rings is 1. The van der Waals surface area contributed by atoms with Gasteiger partial charge in [0.1, 0.15) is 12.2 Å². The monoisotopic (exact) mass is 289 g/mol. The molecule has 1 aromatic carbocycles. The first-order chi connectivity index (χ1) is 10.3. The third-order valence-electron chi connectivity index (χ3n) is 4.92. The summed E-state index contributed by atoms with van der Waals surface area (Å²) in [5.74, 6) is 0.752. The Hall–Kier alpha value is -0.900. The van der Waals surface area contributed by atoms with E-state index in [0.717, 1.165) is 44.1 Å². The summed E-state index contributed by atoms with van der Waals surface area (Å²) in [6.07, 6.45) is 4.54. The van der Waals surface area contributed by atoms with Gasteiger partial charge in [-0.3, -0.25) is 4.90 Å². The molecule has 1 aromatic rings. The minimum Gasteiger partial charge on any atom is -0.386 e. The molecule has 21 heavy (non-hydrogen) atoms. The first-order valence-corrected chi connectivity index (χ1v) is 8.40. The van der Waals surface area contributed by atoms with E-state index < -0.39 is 6.10 Å². The summed E-state index contributed by atoms with van der Waals surface area (Å²) in [5.41, 5.74) is 2.41. The number of nitrogens with zero attached hydrogens (tertiary/aromatic N) is 1. The van der Waals surface area contributed by atoms with Gasteiger partial charge in [0, 0.05) is 13.1 Å². The summed E-state index contributed by atoms with van der Waals surface area (Å²) >= 11 is 0. The molecule has 3 rings (SSSR count). The fourth-order valence-corrected chi connectivity index (χ4v) is 3.36. The normalized spacial score (nSPS) is 25.5. The average molecular weight is 289 g/mol. The molecule has 1 aliphatic carbocycles. The van der Waals surface area contributed by atoms with Gasteiger partial charge in [-0.1, -0.05) is 37.6 Å². The van der Waals surface area contributed by atoms with Crippen LogP contribution in [0.1, 0.15) is 55.8 Å². The molecule has 0 radical (unpaired) electrons. The van der Waals surface area contributed by atoms with Gasteiger partial charge in [0.25, 0.3) is 0 Å². The van der Waals surface area contributed by atoms with E-state index in [2.05, 4.69) is 36.1 Å². The molecule has 0 spiro atoms. The van der Waals surface area contributed by atoms with Crippen molar-refractivity contribution in [3.63, 3.8) is 0 Å². The molecular weight excluding hydrogens is 262 g/mol.